The summed E-state index contributed by atoms with van der Waals surface area (Å²) < 4.78 is 71.8. The number of non-ortho nitro benzene ring substituents is 1. The summed E-state index contributed by atoms with van der Waals surface area (Å²) in [6.07, 6.45) is -3.53. The van der Waals surface area contributed by atoms with E-state index in [2.05, 4.69) is 9.72 Å². The lowest BCUT2D eigenvalue weighted by molar-refractivity contribution is -0.385. The normalized spacial score (nSPS) is 22.9. The molecule has 0 spiro atoms. The van der Waals surface area contributed by atoms with Gasteiger partial charge in [-0.15, -0.1) is 0 Å². The first-order valence-electron chi connectivity index (χ1n) is 8.90. The largest absolute Gasteiger partial charge is 0.437 e. The number of hydrogen-bond acceptors (Lipinski definition) is 7. The Balaban J connectivity index is 2.27. The van der Waals surface area contributed by atoms with Gasteiger partial charge in [0.1, 0.15) is 11.7 Å². The van der Waals surface area contributed by atoms with Crippen LogP contribution in [0.25, 0.3) is 0 Å². The van der Waals surface area contributed by atoms with Gasteiger partial charge in [0.2, 0.25) is 5.72 Å². The number of nitro benzene ring substituents is 1. The highest BCUT2D eigenvalue weighted by molar-refractivity contribution is 6.00. The van der Waals surface area contributed by atoms with E-state index >= 15 is 0 Å². The van der Waals surface area contributed by atoms with E-state index in [1.807, 2.05) is 5.32 Å². The third-order valence-electron chi connectivity index (χ3n) is 4.79. The van der Waals surface area contributed by atoms with Crippen molar-refractivity contribution in [2.24, 2.45) is 5.92 Å². The van der Waals surface area contributed by atoms with Crippen LogP contribution in [0, 0.1) is 16.0 Å². The number of nitro groups is 1. The van der Waals surface area contributed by atoms with Crippen LogP contribution in [0.15, 0.2) is 42.7 Å². The standard InChI is InChI=1S/C18H13F5N4O6/c19-15(20)33-11-4-3-9(27(31)32)6-10(11)13-12(14(28)8-2-1-5-24-7-8)17(30,18(21,22)23)26-16(29)25-13/h1-7,12-13,15,30H,(H2,25,26,29). The van der Waals surface area contributed by atoms with Crippen molar-refractivity contribution in [3.8, 4) is 5.75 Å². The van der Waals surface area contributed by atoms with E-state index in [1.54, 1.807) is 0 Å². The van der Waals surface area contributed by atoms with Gasteiger partial charge in [0.25, 0.3) is 5.69 Å². The van der Waals surface area contributed by atoms with Gasteiger partial charge in [-0.25, -0.2) is 4.79 Å². The summed E-state index contributed by atoms with van der Waals surface area (Å²) in [5.41, 5.74) is -6.12. The van der Waals surface area contributed by atoms with Crippen LogP contribution in [0.1, 0.15) is 22.0 Å². The van der Waals surface area contributed by atoms with E-state index in [0.717, 1.165) is 18.3 Å². The maximum absolute atomic E-state index is 13.9. The number of rotatable bonds is 6. The fourth-order valence-corrected chi connectivity index (χ4v) is 3.38. The molecule has 0 saturated carbocycles. The SMILES string of the molecule is O=C1NC(c2cc([N+](=O)[O-])ccc2OC(F)F)C(C(=O)c2cccnc2)C(O)(C(F)(F)F)N1. The number of urea groups is 1. The van der Waals surface area contributed by atoms with E-state index in [4.69, 9.17) is 0 Å². The molecule has 3 unspecified atom stereocenters. The van der Waals surface area contributed by atoms with Crippen LogP contribution in [0.5, 0.6) is 5.75 Å². The van der Waals surface area contributed by atoms with Crippen LogP contribution < -0.4 is 15.4 Å². The highest BCUT2D eigenvalue weighted by Gasteiger charge is 2.66. The highest BCUT2D eigenvalue weighted by atomic mass is 19.4. The fourth-order valence-electron chi connectivity index (χ4n) is 3.38. The number of nitrogens with one attached hydrogen (secondary N) is 2. The Bertz CT molecular complexity index is 1080. The van der Waals surface area contributed by atoms with Gasteiger partial charge in [-0.2, -0.15) is 22.0 Å². The number of hydrogen-bond donors (Lipinski definition) is 3. The zero-order valence-corrected chi connectivity index (χ0v) is 16.0. The van der Waals surface area contributed by atoms with Gasteiger partial charge in [-0.1, -0.05) is 0 Å². The number of carbonyl (C=O) groups excluding carboxylic acids is 2. The molecule has 33 heavy (non-hydrogen) atoms. The summed E-state index contributed by atoms with van der Waals surface area (Å²) >= 11 is 0. The maximum Gasteiger partial charge on any atom is 0.437 e. The van der Waals surface area contributed by atoms with E-state index in [-0.39, 0.29) is 0 Å². The van der Waals surface area contributed by atoms with Crippen LogP contribution in [0.3, 0.4) is 0 Å². The number of carbonyl (C=O) groups is 2. The third kappa shape index (κ3) is 4.52. The van der Waals surface area contributed by atoms with Gasteiger partial charge in [-0.3, -0.25) is 19.9 Å². The van der Waals surface area contributed by atoms with Gasteiger partial charge in [0.15, 0.2) is 5.78 Å². The molecule has 1 saturated heterocycles. The summed E-state index contributed by atoms with van der Waals surface area (Å²) in [4.78, 5) is 38.9. The quantitative estimate of drug-likeness (QED) is 0.252. The van der Waals surface area contributed by atoms with Crippen LogP contribution in [-0.4, -0.2) is 45.3 Å². The van der Waals surface area contributed by atoms with Crippen LogP contribution >= 0.6 is 0 Å². The number of aliphatic hydroxyl groups is 1. The van der Waals surface area contributed by atoms with Gasteiger partial charge >= 0.3 is 18.8 Å². The summed E-state index contributed by atoms with van der Waals surface area (Å²) in [5.74, 6) is -4.87. The number of pyridine rings is 1. The summed E-state index contributed by atoms with van der Waals surface area (Å²) in [6.45, 7) is -3.50. The number of alkyl halides is 5. The number of ketones is 1. The average molecular weight is 476 g/mol. The van der Waals surface area contributed by atoms with Crippen molar-refractivity contribution in [1.29, 1.82) is 0 Å². The molecule has 176 valence electrons. The average Bonchev–Trinajstić information content (AvgIpc) is 2.72. The van der Waals surface area contributed by atoms with Gasteiger partial charge in [0, 0.05) is 35.7 Å². The topological polar surface area (TPSA) is 144 Å². The Morgan fingerprint density at radius 3 is 2.55 bits per heavy atom. The van der Waals surface area contributed by atoms with Crippen molar-refractivity contribution in [3.63, 3.8) is 0 Å². The Morgan fingerprint density at radius 1 is 1.30 bits per heavy atom. The first-order chi connectivity index (χ1) is 15.3. The second-order valence-electron chi connectivity index (χ2n) is 6.78. The van der Waals surface area contributed by atoms with Crippen LogP contribution in [0.4, 0.5) is 32.4 Å². The molecule has 15 heteroatoms. The smallest absolute Gasteiger partial charge is 0.434 e. The Kier molecular flexibility index (Phi) is 6.18. The fraction of sp³-hybridized carbons (Fsp3) is 0.278. The van der Waals surface area contributed by atoms with Crippen LogP contribution in [0.2, 0.25) is 0 Å². The molecule has 1 aromatic heterocycles. The van der Waals surface area contributed by atoms with Crippen LogP contribution in [-0.2, 0) is 0 Å². The minimum absolute atomic E-state index is 0.421. The molecular weight excluding hydrogens is 463 g/mol. The van der Waals surface area contributed by atoms with Gasteiger partial charge < -0.3 is 20.5 Å². The Hall–Kier alpha value is -3.88. The summed E-state index contributed by atoms with van der Waals surface area (Å²) in [7, 11) is 0. The van der Waals surface area contributed by atoms with Gasteiger partial charge in [-0.05, 0) is 18.2 Å². The van der Waals surface area contributed by atoms with Crippen molar-refractivity contribution < 1.29 is 46.3 Å². The lowest BCUT2D eigenvalue weighted by Gasteiger charge is -2.45. The molecule has 3 rings (SSSR count). The van der Waals surface area contributed by atoms with E-state index in [9.17, 15) is 46.8 Å². The predicted octanol–water partition coefficient (Wildman–Crippen LogP) is 2.70. The van der Waals surface area contributed by atoms with Crippen molar-refractivity contribution in [2.75, 3.05) is 0 Å². The van der Waals surface area contributed by atoms with Crippen molar-refractivity contribution in [1.82, 2.24) is 15.6 Å². The highest BCUT2D eigenvalue weighted by Crippen LogP contribution is 2.46. The lowest BCUT2D eigenvalue weighted by Crippen LogP contribution is -2.72. The molecule has 3 atom stereocenters. The summed E-state index contributed by atoms with van der Waals surface area (Å²) in [5, 5.41) is 24.9. The van der Waals surface area contributed by atoms with E-state index < -0.39 is 69.8 Å². The predicted molar refractivity (Wildman–Crippen MR) is 97.2 cm³/mol. The maximum atomic E-state index is 13.9. The molecular formula is C18H13F5N4O6. The van der Waals surface area contributed by atoms with Crippen molar-refractivity contribution >= 4 is 17.5 Å². The number of aromatic nitrogens is 1. The number of amides is 2. The molecule has 2 amide bonds. The molecule has 0 bridgehead atoms. The molecule has 0 radical (unpaired) electrons. The molecule has 2 aromatic rings. The first kappa shape index (κ1) is 23.8. The Labute approximate surface area is 180 Å². The Morgan fingerprint density at radius 2 is 2.00 bits per heavy atom. The molecule has 2 heterocycles. The molecule has 1 aromatic carbocycles. The second kappa shape index (κ2) is 8.57. The molecule has 1 aliphatic rings. The minimum atomic E-state index is -5.63. The number of Topliss-reactive ketones (excluding diaryl/α,β-unsaturated/α-hetero) is 1. The van der Waals surface area contributed by atoms with Crippen molar-refractivity contribution in [3.05, 3.63) is 64.0 Å². The number of benzene rings is 1. The van der Waals surface area contributed by atoms with Crippen molar-refractivity contribution in [2.45, 2.75) is 24.6 Å². The van der Waals surface area contributed by atoms with E-state index in [0.29, 0.717) is 12.1 Å². The summed E-state index contributed by atoms with van der Waals surface area (Å²) in [6, 6.07) is 0.459. The number of nitrogens with zero attached hydrogens (tertiary/aromatic N) is 2. The second-order valence-corrected chi connectivity index (χ2v) is 6.78. The monoisotopic (exact) mass is 476 g/mol. The molecule has 1 fully saturated rings. The molecule has 10 nitrogen and oxygen atoms in total. The molecule has 0 aliphatic carbocycles. The minimum Gasteiger partial charge on any atom is -0.434 e. The lowest BCUT2D eigenvalue weighted by atomic mass is 9.77. The molecule has 3 N–H and O–H groups in total. The zero-order valence-electron chi connectivity index (χ0n) is 16.0. The zero-order chi connectivity index (χ0) is 24.6. The number of ether oxygens (including phenoxy) is 1. The number of halogens is 5. The first-order valence-corrected chi connectivity index (χ1v) is 8.90. The van der Waals surface area contributed by atoms with E-state index in [1.165, 1.54) is 17.6 Å². The molecule has 1 aliphatic heterocycles. The van der Waals surface area contributed by atoms with Gasteiger partial charge in [0.05, 0.1) is 11.0 Å². The third-order valence-corrected chi connectivity index (χ3v) is 4.79.